The molecular formula is C10H17NO5. The molecule has 0 spiro atoms. The van der Waals surface area contributed by atoms with Gasteiger partial charge in [-0.25, -0.2) is 4.79 Å². The zero-order valence-corrected chi connectivity index (χ0v) is 9.76. The third-order valence-electron chi connectivity index (χ3n) is 2.59. The maximum atomic E-state index is 11.9. The standard InChI is InChI=1S/C10H17NO5/c1-7(14-2)9(12)11-4-5-16-6-8(11)10(13)15-3/h7-8H,4-6H2,1-3H3. The Hall–Kier alpha value is -1.14. The molecule has 0 radical (unpaired) electrons. The highest BCUT2D eigenvalue weighted by atomic mass is 16.5. The molecule has 1 rings (SSSR count). The Morgan fingerprint density at radius 1 is 1.44 bits per heavy atom. The van der Waals surface area contributed by atoms with Crippen LogP contribution in [0.15, 0.2) is 0 Å². The van der Waals surface area contributed by atoms with Crippen LogP contribution in [-0.4, -0.2) is 62.9 Å². The molecule has 1 saturated heterocycles. The van der Waals surface area contributed by atoms with Gasteiger partial charge in [-0.05, 0) is 6.92 Å². The summed E-state index contributed by atoms with van der Waals surface area (Å²) >= 11 is 0. The Balaban J connectivity index is 2.73. The number of ether oxygens (including phenoxy) is 3. The number of carbonyl (C=O) groups excluding carboxylic acids is 2. The fraction of sp³-hybridized carbons (Fsp3) is 0.800. The first-order valence-corrected chi connectivity index (χ1v) is 5.10. The highest BCUT2D eigenvalue weighted by molar-refractivity contribution is 5.87. The van der Waals surface area contributed by atoms with Crippen molar-refractivity contribution in [3.05, 3.63) is 0 Å². The number of amides is 1. The minimum absolute atomic E-state index is 0.175. The van der Waals surface area contributed by atoms with Gasteiger partial charge in [0.1, 0.15) is 6.10 Å². The van der Waals surface area contributed by atoms with E-state index in [1.54, 1.807) is 6.92 Å². The first-order chi connectivity index (χ1) is 7.61. The van der Waals surface area contributed by atoms with Crippen molar-refractivity contribution < 1.29 is 23.8 Å². The van der Waals surface area contributed by atoms with Crippen LogP contribution in [-0.2, 0) is 23.8 Å². The molecule has 0 aliphatic carbocycles. The van der Waals surface area contributed by atoms with Crippen LogP contribution < -0.4 is 0 Å². The molecule has 1 fully saturated rings. The number of esters is 1. The van der Waals surface area contributed by atoms with E-state index >= 15 is 0 Å². The average Bonchev–Trinajstić information content (AvgIpc) is 2.35. The molecular weight excluding hydrogens is 214 g/mol. The Morgan fingerprint density at radius 3 is 2.69 bits per heavy atom. The lowest BCUT2D eigenvalue weighted by atomic mass is 10.2. The molecule has 0 aromatic carbocycles. The summed E-state index contributed by atoms with van der Waals surface area (Å²) in [6.07, 6.45) is -0.565. The maximum absolute atomic E-state index is 11.9. The largest absolute Gasteiger partial charge is 0.467 e. The fourth-order valence-electron chi connectivity index (χ4n) is 1.53. The van der Waals surface area contributed by atoms with Crippen molar-refractivity contribution in [1.29, 1.82) is 0 Å². The molecule has 6 heteroatoms. The maximum Gasteiger partial charge on any atom is 0.331 e. The van der Waals surface area contributed by atoms with Gasteiger partial charge in [0.25, 0.3) is 5.91 Å². The molecule has 0 bridgehead atoms. The number of methoxy groups -OCH3 is 2. The Labute approximate surface area is 94.4 Å². The first kappa shape index (κ1) is 12.9. The van der Waals surface area contributed by atoms with Crippen molar-refractivity contribution in [1.82, 2.24) is 4.90 Å². The third-order valence-corrected chi connectivity index (χ3v) is 2.59. The van der Waals surface area contributed by atoms with Crippen LogP contribution in [0.3, 0.4) is 0 Å². The molecule has 0 saturated carbocycles. The van der Waals surface area contributed by atoms with Gasteiger partial charge in [0, 0.05) is 13.7 Å². The summed E-state index contributed by atoms with van der Waals surface area (Å²) in [5.41, 5.74) is 0. The zero-order valence-electron chi connectivity index (χ0n) is 9.76. The predicted octanol–water partition coefficient (Wildman–Crippen LogP) is -0.578. The minimum Gasteiger partial charge on any atom is -0.467 e. The smallest absolute Gasteiger partial charge is 0.331 e. The lowest BCUT2D eigenvalue weighted by Crippen LogP contribution is -2.55. The molecule has 2 unspecified atom stereocenters. The number of hydrogen-bond donors (Lipinski definition) is 0. The van der Waals surface area contributed by atoms with E-state index in [4.69, 9.17) is 9.47 Å². The molecule has 1 heterocycles. The highest BCUT2D eigenvalue weighted by Gasteiger charge is 2.35. The van der Waals surface area contributed by atoms with E-state index in [0.717, 1.165) is 0 Å². The topological polar surface area (TPSA) is 65.1 Å². The molecule has 16 heavy (non-hydrogen) atoms. The zero-order chi connectivity index (χ0) is 12.1. The number of carbonyl (C=O) groups is 2. The van der Waals surface area contributed by atoms with Crippen LogP contribution in [0.4, 0.5) is 0 Å². The van der Waals surface area contributed by atoms with Crippen LogP contribution in [0.1, 0.15) is 6.92 Å². The predicted molar refractivity (Wildman–Crippen MR) is 54.8 cm³/mol. The van der Waals surface area contributed by atoms with Gasteiger partial charge in [-0.15, -0.1) is 0 Å². The van der Waals surface area contributed by atoms with E-state index < -0.39 is 18.1 Å². The summed E-state index contributed by atoms with van der Waals surface area (Å²) in [7, 11) is 2.75. The molecule has 0 aromatic heterocycles. The van der Waals surface area contributed by atoms with E-state index in [0.29, 0.717) is 13.2 Å². The molecule has 6 nitrogen and oxygen atoms in total. The van der Waals surface area contributed by atoms with Crippen molar-refractivity contribution in [3.8, 4) is 0 Å². The number of hydrogen-bond acceptors (Lipinski definition) is 5. The summed E-state index contributed by atoms with van der Waals surface area (Å²) in [6, 6.07) is -0.663. The fourth-order valence-corrected chi connectivity index (χ4v) is 1.53. The summed E-state index contributed by atoms with van der Waals surface area (Å²) in [6.45, 7) is 2.63. The van der Waals surface area contributed by atoms with Gasteiger partial charge in [0.15, 0.2) is 6.04 Å². The lowest BCUT2D eigenvalue weighted by Gasteiger charge is -2.34. The van der Waals surface area contributed by atoms with Crippen LogP contribution in [0.5, 0.6) is 0 Å². The molecule has 1 amide bonds. The van der Waals surface area contributed by atoms with Crippen LogP contribution in [0.2, 0.25) is 0 Å². The SMILES string of the molecule is COC(=O)C1COCCN1C(=O)C(C)OC. The minimum atomic E-state index is -0.663. The van der Waals surface area contributed by atoms with Gasteiger partial charge < -0.3 is 19.1 Å². The Kier molecular flexibility index (Phi) is 4.70. The van der Waals surface area contributed by atoms with Gasteiger partial charge in [0.2, 0.25) is 0 Å². The van der Waals surface area contributed by atoms with E-state index in [-0.39, 0.29) is 12.5 Å². The highest BCUT2D eigenvalue weighted by Crippen LogP contribution is 2.11. The summed E-state index contributed by atoms with van der Waals surface area (Å²) in [5.74, 6) is -0.683. The van der Waals surface area contributed by atoms with Gasteiger partial charge in [0.05, 0.1) is 20.3 Å². The van der Waals surface area contributed by atoms with Crippen LogP contribution >= 0.6 is 0 Å². The third kappa shape index (κ3) is 2.70. The second-order valence-electron chi connectivity index (χ2n) is 3.52. The van der Waals surface area contributed by atoms with E-state index in [2.05, 4.69) is 4.74 Å². The van der Waals surface area contributed by atoms with E-state index in [9.17, 15) is 9.59 Å². The van der Waals surface area contributed by atoms with Crippen LogP contribution in [0.25, 0.3) is 0 Å². The van der Waals surface area contributed by atoms with Gasteiger partial charge in [-0.2, -0.15) is 0 Å². The quantitative estimate of drug-likeness (QED) is 0.608. The Bertz CT molecular complexity index is 268. The van der Waals surface area contributed by atoms with Crippen molar-refractivity contribution in [2.45, 2.75) is 19.1 Å². The molecule has 1 aliphatic rings. The second kappa shape index (κ2) is 5.81. The van der Waals surface area contributed by atoms with E-state index in [1.165, 1.54) is 19.1 Å². The molecule has 1 aliphatic heterocycles. The molecule has 2 atom stereocenters. The van der Waals surface area contributed by atoms with Crippen molar-refractivity contribution in [3.63, 3.8) is 0 Å². The van der Waals surface area contributed by atoms with Crippen molar-refractivity contribution in [2.75, 3.05) is 34.0 Å². The van der Waals surface area contributed by atoms with Gasteiger partial charge in [-0.3, -0.25) is 4.79 Å². The van der Waals surface area contributed by atoms with E-state index in [1.807, 2.05) is 0 Å². The van der Waals surface area contributed by atoms with Crippen LogP contribution in [0, 0.1) is 0 Å². The number of rotatable bonds is 3. The van der Waals surface area contributed by atoms with Crippen molar-refractivity contribution in [2.24, 2.45) is 0 Å². The van der Waals surface area contributed by atoms with Gasteiger partial charge in [-0.1, -0.05) is 0 Å². The monoisotopic (exact) mass is 231 g/mol. The molecule has 92 valence electrons. The molecule has 0 aromatic rings. The summed E-state index contributed by atoms with van der Waals surface area (Å²) in [4.78, 5) is 24.8. The Morgan fingerprint density at radius 2 is 2.12 bits per heavy atom. The summed E-state index contributed by atoms with van der Waals surface area (Å²) < 4.78 is 14.7. The lowest BCUT2D eigenvalue weighted by molar-refractivity contribution is -0.164. The number of morpholine rings is 1. The summed E-state index contributed by atoms with van der Waals surface area (Å²) in [5, 5.41) is 0. The second-order valence-corrected chi connectivity index (χ2v) is 3.52. The van der Waals surface area contributed by atoms with Gasteiger partial charge >= 0.3 is 5.97 Å². The average molecular weight is 231 g/mol. The number of nitrogens with zero attached hydrogens (tertiary/aromatic N) is 1. The normalized spacial score (nSPS) is 22.7. The first-order valence-electron chi connectivity index (χ1n) is 5.10. The van der Waals surface area contributed by atoms with Crippen molar-refractivity contribution >= 4 is 11.9 Å². The molecule has 0 N–H and O–H groups in total.